The number of aromatic nitrogens is 6. The zero-order chi connectivity index (χ0) is 21.3. The third kappa shape index (κ3) is 3.97. The predicted molar refractivity (Wildman–Crippen MR) is 117 cm³/mol. The van der Waals surface area contributed by atoms with Gasteiger partial charge in [-0.3, -0.25) is 4.68 Å². The summed E-state index contributed by atoms with van der Waals surface area (Å²) in [5.74, 6) is 1.61. The van der Waals surface area contributed by atoms with Crippen molar-refractivity contribution in [3.8, 4) is 0 Å². The van der Waals surface area contributed by atoms with E-state index in [0.29, 0.717) is 28.7 Å². The molecule has 0 spiro atoms. The average Bonchev–Trinajstić information content (AvgIpc) is 3.33. The number of imidazole rings is 1. The van der Waals surface area contributed by atoms with E-state index >= 15 is 0 Å². The number of anilines is 3. The summed E-state index contributed by atoms with van der Waals surface area (Å²) < 4.78 is 1.87. The normalized spacial score (nSPS) is 12.8. The quantitative estimate of drug-likeness (QED) is 0.388. The molecule has 0 aliphatic rings. The molecule has 30 heavy (non-hydrogen) atoms. The summed E-state index contributed by atoms with van der Waals surface area (Å²) in [6, 6.07) is 11.4. The summed E-state index contributed by atoms with van der Waals surface area (Å²) >= 11 is 0. The van der Waals surface area contributed by atoms with E-state index in [1.807, 2.05) is 48.1 Å². The maximum Gasteiger partial charge on any atom is 0.227 e. The number of hydrogen-bond donors (Lipinski definition) is 4. The SMILES string of the molecule is Cn1nc(Nc2nc(N[C@H](CO)c3ccccc3)nc3nc[nH]c23)cc1C(C)(C)C. The molecule has 9 heteroatoms. The lowest BCUT2D eigenvalue weighted by Crippen LogP contribution is -2.17. The lowest BCUT2D eigenvalue weighted by atomic mass is 9.92. The lowest BCUT2D eigenvalue weighted by Gasteiger charge is -2.17. The minimum Gasteiger partial charge on any atom is -0.394 e. The number of aliphatic hydroxyl groups excluding tert-OH is 1. The van der Waals surface area contributed by atoms with Gasteiger partial charge in [0, 0.05) is 24.2 Å². The van der Waals surface area contributed by atoms with Crippen LogP contribution >= 0.6 is 0 Å². The van der Waals surface area contributed by atoms with Crippen molar-refractivity contribution in [2.75, 3.05) is 17.2 Å². The van der Waals surface area contributed by atoms with Gasteiger partial charge in [-0.2, -0.15) is 15.1 Å². The van der Waals surface area contributed by atoms with Crippen molar-refractivity contribution in [1.82, 2.24) is 29.7 Å². The monoisotopic (exact) mass is 406 g/mol. The van der Waals surface area contributed by atoms with E-state index in [0.717, 1.165) is 11.3 Å². The summed E-state index contributed by atoms with van der Waals surface area (Å²) in [7, 11) is 1.93. The van der Waals surface area contributed by atoms with Crippen LogP contribution in [0, 0.1) is 0 Å². The van der Waals surface area contributed by atoms with Crippen LogP contribution in [0.3, 0.4) is 0 Å². The van der Waals surface area contributed by atoms with Gasteiger partial charge < -0.3 is 20.7 Å². The van der Waals surface area contributed by atoms with Gasteiger partial charge in [0.2, 0.25) is 5.95 Å². The van der Waals surface area contributed by atoms with E-state index in [-0.39, 0.29) is 18.1 Å². The first kappa shape index (κ1) is 19.8. The van der Waals surface area contributed by atoms with E-state index in [1.165, 1.54) is 0 Å². The molecule has 0 amide bonds. The Labute approximate surface area is 174 Å². The van der Waals surface area contributed by atoms with Gasteiger partial charge in [0.05, 0.1) is 19.0 Å². The zero-order valence-electron chi connectivity index (χ0n) is 17.5. The van der Waals surface area contributed by atoms with E-state index in [1.54, 1.807) is 6.33 Å². The maximum absolute atomic E-state index is 9.86. The number of aryl methyl sites for hydroxylation is 1. The number of aromatic amines is 1. The van der Waals surface area contributed by atoms with E-state index in [4.69, 9.17) is 0 Å². The number of benzene rings is 1. The fraction of sp³-hybridized carbons (Fsp3) is 0.333. The van der Waals surface area contributed by atoms with Crippen LogP contribution in [0.4, 0.5) is 17.6 Å². The van der Waals surface area contributed by atoms with Crippen LogP contribution in [0.1, 0.15) is 38.1 Å². The smallest absolute Gasteiger partial charge is 0.227 e. The summed E-state index contributed by atoms with van der Waals surface area (Å²) in [5.41, 5.74) is 3.21. The predicted octanol–water partition coefficient (Wildman–Crippen LogP) is 3.27. The maximum atomic E-state index is 9.86. The van der Waals surface area contributed by atoms with Crippen molar-refractivity contribution in [2.45, 2.75) is 32.2 Å². The van der Waals surface area contributed by atoms with Gasteiger partial charge >= 0.3 is 0 Å². The Hall–Kier alpha value is -3.46. The summed E-state index contributed by atoms with van der Waals surface area (Å²) in [5, 5.41) is 20.9. The Morgan fingerprint density at radius 1 is 1.17 bits per heavy atom. The van der Waals surface area contributed by atoms with E-state index in [9.17, 15) is 5.11 Å². The van der Waals surface area contributed by atoms with E-state index in [2.05, 4.69) is 56.4 Å². The molecule has 4 N–H and O–H groups in total. The van der Waals surface area contributed by atoms with Crippen molar-refractivity contribution < 1.29 is 5.11 Å². The molecule has 4 aromatic rings. The number of H-pyrrole nitrogens is 1. The Balaban J connectivity index is 1.67. The molecular formula is C21H26N8O. The fourth-order valence-corrected chi connectivity index (χ4v) is 3.42. The first-order chi connectivity index (χ1) is 14.3. The molecule has 156 valence electrons. The second-order valence-electron chi connectivity index (χ2n) is 8.20. The second kappa shape index (κ2) is 7.75. The van der Waals surface area contributed by atoms with Crippen LogP contribution in [0.2, 0.25) is 0 Å². The number of nitrogens with one attached hydrogen (secondary N) is 3. The topological polar surface area (TPSA) is 117 Å². The molecule has 0 radical (unpaired) electrons. The molecule has 3 heterocycles. The summed E-state index contributed by atoms with van der Waals surface area (Å²) in [4.78, 5) is 16.4. The van der Waals surface area contributed by atoms with Crippen molar-refractivity contribution in [3.05, 3.63) is 54.0 Å². The highest BCUT2D eigenvalue weighted by Crippen LogP contribution is 2.28. The Bertz CT molecular complexity index is 1140. The molecule has 0 unspecified atom stereocenters. The molecule has 0 saturated heterocycles. The Kier molecular flexibility index (Phi) is 5.13. The van der Waals surface area contributed by atoms with Gasteiger partial charge in [0.1, 0.15) is 5.52 Å². The van der Waals surface area contributed by atoms with Crippen molar-refractivity contribution >= 4 is 28.7 Å². The highest BCUT2D eigenvalue weighted by atomic mass is 16.3. The first-order valence-corrected chi connectivity index (χ1v) is 9.80. The van der Waals surface area contributed by atoms with Gasteiger partial charge in [0.25, 0.3) is 0 Å². The van der Waals surface area contributed by atoms with E-state index < -0.39 is 0 Å². The van der Waals surface area contributed by atoms with Gasteiger partial charge in [-0.15, -0.1) is 0 Å². The van der Waals surface area contributed by atoms with Crippen molar-refractivity contribution in [3.63, 3.8) is 0 Å². The first-order valence-electron chi connectivity index (χ1n) is 9.80. The molecule has 0 saturated carbocycles. The van der Waals surface area contributed by atoms with Crippen LogP contribution in [-0.4, -0.2) is 41.4 Å². The Morgan fingerprint density at radius 3 is 2.60 bits per heavy atom. The minimum atomic E-state index is -0.335. The highest BCUT2D eigenvalue weighted by molar-refractivity contribution is 5.85. The number of nitrogens with zero attached hydrogens (tertiary/aromatic N) is 5. The molecule has 1 atom stereocenters. The fourth-order valence-electron chi connectivity index (χ4n) is 3.42. The Morgan fingerprint density at radius 2 is 1.93 bits per heavy atom. The third-order valence-electron chi connectivity index (χ3n) is 4.87. The summed E-state index contributed by atoms with van der Waals surface area (Å²) in [6.45, 7) is 6.34. The molecule has 0 aliphatic carbocycles. The third-order valence-corrected chi connectivity index (χ3v) is 4.87. The molecule has 4 rings (SSSR count). The molecule has 3 aromatic heterocycles. The average molecular weight is 406 g/mol. The van der Waals surface area contributed by atoms with Crippen LogP contribution in [0.5, 0.6) is 0 Å². The molecule has 1 aromatic carbocycles. The van der Waals surface area contributed by atoms with Crippen LogP contribution < -0.4 is 10.6 Å². The van der Waals surface area contributed by atoms with Crippen molar-refractivity contribution in [2.24, 2.45) is 7.05 Å². The molecule has 0 aliphatic heterocycles. The number of rotatable bonds is 6. The molecule has 0 fully saturated rings. The minimum absolute atomic E-state index is 0.0343. The van der Waals surface area contributed by atoms with Crippen molar-refractivity contribution in [1.29, 1.82) is 0 Å². The molecular weight excluding hydrogens is 380 g/mol. The van der Waals surface area contributed by atoms with Gasteiger partial charge in [-0.25, -0.2) is 4.98 Å². The number of fused-ring (bicyclic) bond motifs is 1. The second-order valence-corrected chi connectivity index (χ2v) is 8.20. The number of aliphatic hydroxyl groups is 1. The van der Waals surface area contributed by atoms with Gasteiger partial charge in [-0.1, -0.05) is 51.1 Å². The van der Waals surface area contributed by atoms with Gasteiger partial charge in [-0.05, 0) is 5.56 Å². The standard InChI is InChI=1S/C21H26N8O/c1-21(2,3)15-10-16(28-29(15)4)25-19-17-18(23-12-22-17)26-20(27-19)24-14(11-30)13-8-6-5-7-9-13/h5-10,12,14,30H,11H2,1-4H3,(H3,22,23,24,25,26,27,28)/t14-/m1/s1. The van der Waals surface area contributed by atoms with Crippen LogP contribution in [0.25, 0.3) is 11.2 Å². The summed E-state index contributed by atoms with van der Waals surface area (Å²) in [6.07, 6.45) is 1.58. The van der Waals surface area contributed by atoms with Gasteiger partial charge in [0.15, 0.2) is 17.3 Å². The largest absolute Gasteiger partial charge is 0.394 e. The lowest BCUT2D eigenvalue weighted by molar-refractivity contribution is 0.276. The van der Waals surface area contributed by atoms with Crippen LogP contribution in [-0.2, 0) is 12.5 Å². The highest BCUT2D eigenvalue weighted by Gasteiger charge is 2.21. The molecule has 0 bridgehead atoms. The number of hydrogen-bond acceptors (Lipinski definition) is 7. The molecule has 9 nitrogen and oxygen atoms in total. The zero-order valence-corrected chi connectivity index (χ0v) is 17.5. The van der Waals surface area contributed by atoms with Crippen LogP contribution in [0.15, 0.2) is 42.7 Å².